The first-order chi connectivity index (χ1) is 13.0. The number of fused-ring (bicyclic) bond motifs is 1. The second kappa shape index (κ2) is 6.75. The average molecular weight is 362 g/mol. The molecule has 1 aromatic carbocycles. The number of nitrogens with one attached hydrogen (secondary N) is 2. The quantitative estimate of drug-likeness (QED) is 0.562. The van der Waals surface area contributed by atoms with Crippen molar-refractivity contribution in [2.75, 3.05) is 11.9 Å². The van der Waals surface area contributed by atoms with Gasteiger partial charge in [0.05, 0.1) is 23.1 Å². The third kappa shape index (κ3) is 3.48. The van der Waals surface area contributed by atoms with Gasteiger partial charge in [-0.2, -0.15) is 5.10 Å². The number of pyridine rings is 1. The maximum Gasteiger partial charge on any atom is 0.148 e. The van der Waals surface area contributed by atoms with Gasteiger partial charge in [-0.25, -0.2) is 4.39 Å². The van der Waals surface area contributed by atoms with Crippen LogP contribution in [0.2, 0.25) is 0 Å². The molecule has 0 bridgehead atoms. The molecule has 0 fully saturated rings. The van der Waals surface area contributed by atoms with Crippen LogP contribution in [0.1, 0.15) is 19.5 Å². The van der Waals surface area contributed by atoms with Crippen molar-refractivity contribution in [2.45, 2.75) is 19.3 Å². The summed E-state index contributed by atoms with van der Waals surface area (Å²) in [6.45, 7) is 4.36. The highest BCUT2D eigenvalue weighted by Gasteiger charge is 2.25. The number of nitrogens with zero attached hydrogens (tertiary/aromatic N) is 4. The SMILES string of the molecule is CC(C)(CNc1ccc(-c2ccc3[nH]ncc3c2)nn1)c1ncccc1F. The van der Waals surface area contributed by atoms with Gasteiger partial charge in [-0.3, -0.25) is 10.1 Å². The van der Waals surface area contributed by atoms with Gasteiger partial charge in [-0.15, -0.1) is 10.2 Å². The van der Waals surface area contributed by atoms with E-state index in [-0.39, 0.29) is 5.82 Å². The Labute approximate surface area is 155 Å². The van der Waals surface area contributed by atoms with Crippen LogP contribution in [0.5, 0.6) is 0 Å². The van der Waals surface area contributed by atoms with E-state index in [1.165, 1.54) is 6.07 Å². The van der Waals surface area contributed by atoms with Crippen LogP contribution in [0, 0.1) is 5.82 Å². The van der Waals surface area contributed by atoms with E-state index in [0.717, 1.165) is 22.2 Å². The molecule has 4 rings (SSSR count). The van der Waals surface area contributed by atoms with E-state index in [2.05, 4.69) is 30.7 Å². The molecule has 0 aliphatic rings. The molecule has 6 nitrogen and oxygen atoms in total. The summed E-state index contributed by atoms with van der Waals surface area (Å²) in [6.07, 6.45) is 3.38. The number of H-pyrrole nitrogens is 1. The Morgan fingerprint density at radius 3 is 2.78 bits per heavy atom. The molecule has 0 aliphatic heterocycles. The molecule has 0 radical (unpaired) electrons. The number of hydrogen-bond donors (Lipinski definition) is 2. The molecule has 4 aromatic rings. The summed E-state index contributed by atoms with van der Waals surface area (Å²) >= 11 is 0. The Bertz CT molecular complexity index is 1070. The molecule has 136 valence electrons. The molecule has 0 atom stereocenters. The van der Waals surface area contributed by atoms with Gasteiger partial charge in [0, 0.05) is 29.1 Å². The number of aromatic nitrogens is 5. The monoisotopic (exact) mass is 362 g/mol. The van der Waals surface area contributed by atoms with E-state index in [4.69, 9.17) is 0 Å². The first kappa shape index (κ1) is 17.1. The van der Waals surface area contributed by atoms with Crippen LogP contribution < -0.4 is 5.32 Å². The molecule has 2 N–H and O–H groups in total. The summed E-state index contributed by atoms with van der Waals surface area (Å²) in [5.41, 5.74) is 2.67. The zero-order valence-electron chi connectivity index (χ0n) is 15.1. The molecular weight excluding hydrogens is 343 g/mol. The number of benzene rings is 1. The van der Waals surface area contributed by atoms with Crippen LogP contribution in [0.25, 0.3) is 22.2 Å². The standard InChI is InChI=1S/C20H19FN6/c1-20(2,19-15(21)4-3-9-22-19)12-23-18-8-7-16(26-27-18)13-5-6-17-14(10-13)11-24-25-17/h3-11H,12H2,1-2H3,(H,23,27)(H,24,25). The minimum absolute atomic E-state index is 0.305. The molecule has 0 unspecified atom stereocenters. The van der Waals surface area contributed by atoms with Crippen LogP contribution in [-0.4, -0.2) is 31.9 Å². The van der Waals surface area contributed by atoms with E-state index in [0.29, 0.717) is 18.1 Å². The predicted molar refractivity (Wildman–Crippen MR) is 103 cm³/mol. The van der Waals surface area contributed by atoms with Crippen molar-refractivity contribution in [2.24, 2.45) is 0 Å². The summed E-state index contributed by atoms with van der Waals surface area (Å²) in [5.74, 6) is 0.327. The lowest BCUT2D eigenvalue weighted by atomic mass is 9.88. The summed E-state index contributed by atoms with van der Waals surface area (Å²) in [4.78, 5) is 4.18. The van der Waals surface area contributed by atoms with Crippen molar-refractivity contribution >= 4 is 16.7 Å². The summed E-state index contributed by atoms with van der Waals surface area (Å²) in [7, 11) is 0. The van der Waals surface area contributed by atoms with Crippen molar-refractivity contribution in [3.8, 4) is 11.3 Å². The molecule has 0 saturated heterocycles. The first-order valence-electron chi connectivity index (χ1n) is 8.65. The molecule has 0 saturated carbocycles. The van der Waals surface area contributed by atoms with Crippen LogP contribution in [0.3, 0.4) is 0 Å². The molecule has 0 spiro atoms. The van der Waals surface area contributed by atoms with Gasteiger partial charge in [0.15, 0.2) is 0 Å². The lowest BCUT2D eigenvalue weighted by Gasteiger charge is -2.24. The van der Waals surface area contributed by atoms with Crippen LogP contribution in [0.4, 0.5) is 10.2 Å². The number of anilines is 1. The molecule has 3 heterocycles. The molecule has 27 heavy (non-hydrogen) atoms. The zero-order chi connectivity index (χ0) is 18.9. The second-order valence-corrected chi connectivity index (χ2v) is 7.05. The van der Waals surface area contributed by atoms with Gasteiger partial charge >= 0.3 is 0 Å². The lowest BCUT2D eigenvalue weighted by Crippen LogP contribution is -2.30. The van der Waals surface area contributed by atoms with Gasteiger partial charge in [0.1, 0.15) is 11.6 Å². The molecule has 0 amide bonds. The van der Waals surface area contributed by atoms with E-state index >= 15 is 0 Å². The van der Waals surface area contributed by atoms with Crippen molar-refractivity contribution < 1.29 is 4.39 Å². The average Bonchev–Trinajstić information content (AvgIpc) is 3.15. The van der Waals surface area contributed by atoms with Gasteiger partial charge in [-0.05, 0) is 36.4 Å². The number of rotatable bonds is 5. The Morgan fingerprint density at radius 1 is 1.11 bits per heavy atom. The zero-order valence-corrected chi connectivity index (χ0v) is 15.1. The van der Waals surface area contributed by atoms with E-state index in [9.17, 15) is 4.39 Å². The fourth-order valence-corrected chi connectivity index (χ4v) is 2.96. The van der Waals surface area contributed by atoms with E-state index < -0.39 is 5.41 Å². The third-order valence-electron chi connectivity index (χ3n) is 4.51. The predicted octanol–water partition coefficient (Wildman–Crippen LogP) is 3.94. The highest BCUT2D eigenvalue weighted by molar-refractivity contribution is 5.83. The van der Waals surface area contributed by atoms with Crippen molar-refractivity contribution in [1.82, 2.24) is 25.4 Å². The van der Waals surface area contributed by atoms with Crippen LogP contribution in [-0.2, 0) is 5.41 Å². The minimum Gasteiger partial charge on any atom is -0.368 e. The van der Waals surface area contributed by atoms with Crippen molar-refractivity contribution in [3.63, 3.8) is 0 Å². The van der Waals surface area contributed by atoms with E-state index in [1.54, 1.807) is 18.5 Å². The van der Waals surface area contributed by atoms with Crippen molar-refractivity contribution in [3.05, 3.63) is 66.4 Å². The maximum atomic E-state index is 14.0. The third-order valence-corrected chi connectivity index (χ3v) is 4.51. The Kier molecular flexibility index (Phi) is 4.27. The fourth-order valence-electron chi connectivity index (χ4n) is 2.96. The number of aromatic amines is 1. The van der Waals surface area contributed by atoms with Gasteiger partial charge in [0.25, 0.3) is 0 Å². The molecule has 0 aliphatic carbocycles. The van der Waals surface area contributed by atoms with E-state index in [1.807, 2.05) is 44.2 Å². The largest absolute Gasteiger partial charge is 0.368 e. The first-order valence-corrected chi connectivity index (χ1v) is 8.65. The number of halogens is 1. The van der Waals surface area contributed by atoms with Crippen LogP contribution in [0.15, 0.2) is 54.9 Å². The highest BCUT2D eigenvalue weighted by atomic mass is 19.1. The summed E-state index contributed by atoms with van der Waals surface area (Å²) < 4.78 is 14.0. The highest BCUT2D eigenvalue weighted by Crippen LogP contribution is 2.25. The summed E-state index contributed by atoms with van der Waals surface area (Å²) in [6, 6.07) is 12.8. The Hall–Kier alpha value is -3.35. The molecule has 7 heteroatoms. The smallest absolute Gasteiger partial charge is 0.148 e. The van der Waals surface area contributed by atoms with Gasteiger partial charge in [-0.1, -0.05) is 19.9 Å². The molecule has 3 aromatic heterocycles. The topological polar surface area (TPSA) is 79.4 Å². The van der Waals surface area contributed by atoms with Crippen LogP contribution >= 0.6 is 0 Å². The fraction of sp³-hybridized carbons (Fsp3) is 0.200. The second-order valence-electron chi connectivity index (χ2n) is 7.05. The Morgan fingerprint density at radius 2 is 2.00 bits per heavy atom. The number of hydrogen-bond acceptors (Lipinski definition) is 5. The summed E-state index contributed by atoms with van der Waals surface area (Å²) in [5, 5.41) is 19.7. The minimum atomic E-state index is -0.488. The maximum absolute atomic E-state index is 14.0. The molecular formula is C20H19FN6. The Balaban J connectivity index is 1.48. The van der Waals surface area contributed by atoms with Gasteiger partial charge in [0.2, 0.25) is 0 Å². The normalized spacial score (nSPS) is 11.7. The van der Waals surface area contributed by atoms with Gasteiger partial charge < -0.3 is 5.32 Å². The van der Waals surface area contributed by atoms with Crippen molar-refractivity contribution in [1.29, 1.82) is 0 Å². The lowest BCUT2D eigenvalue weighted by molar-refractivity contribution is 0.485.